The number of halogens is 1. The van der Waals surface area contributed by atoms with Crippen LogP contribution in [0.25, 0.3) is 0 Å². The molecular weight excluding hydrogens is 473 g/mol. The summed E-state index contributed by atoms with van der Waals surface area (Å²) in [6, 6.07) is 7.47. The van der Waals surface area contributed by atoms with E-state index in [4.69, 9.17) is 9.47 Å². The summed E-state index contributed by atoms with van der Waals surface area (Å²) in [6.07, 6.45) is 0. The van der Waals surface area contributed by atoms with E-state index in [0.717, 1.165) is 3.57 Å². The predicted octanol–water partition coefficient (Wildman–Crippen LogP) is 0.391. The van der Waals surface area contributed by atoms with Crippen LogP contribution in [0.15, 0.2) is 24.3 Å². The fourth-order valence-corrected chi connectivity index (χ4v) is 4.80. The Labute approximate surface area is 167 Å². The molecule has 3 rings (SSSR count). The molecule has 2 heterocycles. The molecule has 144 valence electrons. The van der Waals surface area contributed by atoms with Crippen LogP contribution in [0.3, 0.4) is 0 Å². The van der Waals surface area contributed by atoms with Crippen molar-refractivity contribution in [2.24, 2.45) is 0 Å². The highest BCUT2D eigenvalue weighted by Crippen LogP contribution is 2.16. The summed E-state index contributed by atoms with van der Waals surface area (Å²) in [6.45, 7) is 2.91. The molecule has 26 heavy (non-hydrogen) atoms. The zero-order valence-electron chi connectivity index (χ0n) is 14.3. The van der Waals surface area contributed by atoms with E-state index in [2.05, 4.69) is 22.6 Å². The summed E-state index contributed by atoms with van der Waals surface area (Å²) in [5, 5.41) is 0. The van der Waals surface area contributed by atoms with Crippen LogP contribution in [-0.4, -0.2) is 86.9 Å². The average molecular weight is 495 g/mol. The third-order valence-electron chi connectivity index (χ3n) is 4.39. The maximum absolute atomic E-state index is 12.6. The SMILES string of the molecule is O=C(COc1ccc(I)cc1)N1CCN(S(=O)(=O)N2CCOCC2)CC1. The third-order valence-corrected chi connectivity index (χ3v) is 7.14. The lowest BCUT2D eigenvalue weighted by Crippen LogP contribution is -2.56. The van der Waals surface area contributed by atoms with Crippen molar-refractivity contribution in [1.82, 2.24) is 13.5 Å². The molecule has 10 heteroatoms. The topological polar surface area (TPSA) is 79.4 Å². The number of nitrogens with zero attached hydrogens (tertiary/aromatic N) is 3. The Morgan fingerprint density at radius 2 is 1.58 bits per heavy atom. The van der Waals surface area contributed by atoms with Gasteiger partial charge in [0.25, 0.3) is 16.1 Å². The highest BCUT2D eigenvalue weighted by atomic mass is 127. The van der Waals surface area contributed by atoms with Crippen LogP contribution in [0.5, 0.6) is 5.75 Å². The number of hydrogen-bond donors (Lipinski definition) is 0. The van der Waals surface area contributed by atoms with Gasteiger partial charge in [-0.1, -0.05) is 0 Å². The molecule has 2 aliphatic heterocycles. The van der Waals surface area contributed by atoms with E-state index in [0.29, 0.717) is 58.2 Å². The highest BCUT2D eigenvalue weighted by Gasteiger charge is 2.34. The number of piperazine rings is 1. The molecule has 0 N–H and O–H groups in total. The van der Waals surface area contributed by atoms with Gasteiger partial charge in [-0.2, -0.15) is 17.0 Å². The molecule has 0 unspecified atom stereocenters. The third kappa shape index (κ3) is 4.85. The molecule has 1 aromatic rings. The van der Waals surface area contributed by atoms with Gasteiger partial charge >= 0.3 is 0 Å². The zero-order valence-corrected chi connectivity index (χ0v) is 17.3. The van der Waals surface area contributed by atoms with Gasteiger partial charge in [0.05, 0.1) is 13.2 Å². The number of ether oxygens (including phenoxy) is 2. The second-order valence-corrected chi connectivity index (χ2v) is 9.22. The summed E-state index contributed by atoms with van der Waals surface area (Å²) >= 11 is 2.20. The Balaban J connectivity index is 1.48. The Kier molecular flexibility index (Phi) is 6.72. The fourth-order valence-electron chi connectivity index (χ4n) is 2.88. The largest absolute Gasteiger partial charge is 0.484 e. The number of morpholine rings is 1. The van der Waals surface area contributed by atoms with Gasteiger partial charge in [-0.3, -0.25) is 4.79 Å². The lowest BCUT2D eigenvalue weighted by atomic mass is 10.3. The lowest BCUT2D eigenvalue weighted by molar-refractivity contribution is -0.134. The highest BCUT2D eigenvalue weighted by molar-refractivity contribution is 14.1. The monoisotopic (exact) mass is 495 g/mol. The van der Waals surface area contributed by atoms with Gasteiger partial charge in [-0.05, 0) is 46.9 Å². The normalized spacial score (nSPS) is 20.1. The van der Waals surface area contributed by atoms with Crippen molar-refractivity contribution in [3.05, 3.63) is 27.8 Å². The predicted molar refractivity (Wildman–Crippen MR) is 104 cm³/mol. The molecule has 0 atom stereocenters. The smallest absolute Gasteiger partial charge is 0.282 e. The first-order valence-corrected chi connectivity index (χ1v) is 10.9. The van der Waals surface area contributed by atoms with Gasteiger partial charge in [0.2, 0.25) is 0 Å². The Hall–Kier alpha value is -0.950. The molecular formula is C16H22IN3O5S. The van der Waals surface area contributed by atoms with Crippen molar-refractivity contribution >= 4 is 38.7 Å². The molecule has 0 saturated carbocycles. The fraction of sp³-hybridized carbons (Fsp3) is 0.562. The second-order valence-electron chi connectivity index (χ2n) is 6.04. The van der Waals surface area contributed by atoms with Crippen LogP contribution in [0, 0.1) is 3.57 Å². The first-order valence-electron chi connectivity index (χ1n) is 8.46. The Morgan fingerprint density at radius 3 is 2.19 bits per heavy atom. The van der Waals surface area contributed by atoms with Gasteiger partial charge in [-0.25, -0.2) is 0 Å². The number of hydrogen-bond acceptors (Lipinski definition) is 5. The van der Waals surface area contributed by atoms with E-state index >= 15 is 0 Å². The van der Waals surface area contributed by atoms with Gasteiger partial charge in [0, 0.05) is 42.8 Å². The minimum Gasteiger partial charge on any atom is -0.484 e. The standard InChI is InChI=1S/C16H22IN3O5S/c17-14-1-3-15(4-2-14)25-13-16(21)18-5-7-19(8-6-18)26(22,23)20-9-11-24-12-10-20/h1-4H,5-13H2. The van der Waals surface area contributed by atoms with E-state index in [-0.39, 0.29) is 12.5 Å². The number of amides is 1. The number of rotatable bonds is 5. The summed E-state index contributed by atoms with van der Waals surface area (Å²) < 4.78 is 40.0. The average Bonchev–Trinajstić information content (AvgIpc) is 2.68. The minimum absolute atomic E-state index is 0.0448. The molecule has 8 nitrogen and oxygen atoms in total. The molecule has 0 radical (unpaired) electrons. The van der Waals surface area contributed by atoms with Crippen LogP contribution in [-0.2, 0) is 19.7 Å². The zero-order chi connectivity index (χ0) is 18.6. The minimum atomic E-state index is -3.48. The van der Waals surface area contributed by atoms with Crippen LogP contribution < -0.4 is 4.74 Å². The first kappa shape index (κ1) is 19.8. The Morgan fingerprint density at radius 1 is 1.00 bits per heavy atom. The van der Waals surface area contributed by atoms with Crippen molar-refractivity contribution < 1.29 is 22.7 Å². The van der Waals surface area contributed by atoms with Crippen LogP contribution >= 0.6 is 22.6 Å². The maximum Gasteiger partial charge on any atom is 0.282 e. The molecule has 0 bridgehead atoms. The molecule has 2 saturated heterocycles. The van der Waals surface area contributed by atoms with Crippen molar-refractivity contribution in [3.63, 3.8) is 0 Å². The lowest BCUT2D eigenvalue weighted by Gasteiger charge is -2.37. The first-order chi connectivity index (χ1) is 12.5. The van der Waals surface area contributed by atoms with Crippen molar-refractivity contribution in [3.8, 4) is 5.75 Å². The van der Waals surface area contributed by atoms with Crippen molar-refractivity contribution in [2.75, 3.05) is 59.1 Å². The van der Waals surface area contributed by atoms with Crippen LogP contribution in [0.2, 0.25) is 0 Å². The number of carbonyl (C=O) groups excluding carboxylic acids is 1. The maximum atomic E-state index is 12.6. The molecule has 2 aliphatic rings. The van der Waals surface area contributed by atoms with Crippen molar-refractivity contribution in [1.29, 1.82) is 0 Å². The van der Waals surface area contributed by atoms with E-state index in [1.165, 1.54) is 8.61 Å². The van der Waals surface area contributed by atoms with Crippen LogP contribution in [0.4, 0.5) is 0 Å². The van der Waals surface area contributed by atoms with Crippen LogP contribution in [0.1, 0.15) is 0 Å². The van der Waals surface area contributed by atoms with E-state index < -0.39 is 10.2 Å². The quantitative estimate of drug-likeness (QED) is 0.553. The van der Waals surface area contributed by atoms with E-state index in [1.807, 2.05) is 24.3 Å². The van der Waals surface area contributed by atoms with E-state index in [9.17, 15) is 13.2 Å². The second kappa shape index (κ2) is 8.83. The van der Waals surface area contributed by atoms with Gasteiger partial charge in [-0.15, -0.1) is 0 Å². The molecule has 0 aromatic heterocycles. The molecule has 2 fully saturated rings. The van der Waals surface area contributed by atoms with Crippen molar-refractivity contribution in [2.45, 2.75) is 0 Å². The molecule has 1 amide bonds. The summed E-state index contributed by atoms with van der Waals surface area (Å²) in [5.74, 6) is 0.513. The van der Waals surface area contributed by atoms with Gasteiger partial charge in [0.15, 0.2) is 6.61 Å². The van der Waals surface area contributed by atoms with E-state index in [1.54, 1.807) is 4.90 Å². The van der Waals surface area contributed by atoms with Gasteiger partial charge in [0.1, 0.15) is 5.75 Å². The summed E-state index contributed by atoms with van der Waals surface area (Å²) in [7, 11) is -3.48. The molecule has 1 aromatic carbocycles. The molecule has 0 aliphatic carbocycles. The summed E-state index contributed by atoms with van der Waals surface area (Å²) in [4.78, 5) is 14.0. The summed E-state index contributed by atoms with van der Waals surface area (Å²) in [5.41, 5.74) is 0. The number of carbonyl (C=O) groups is 1. The molecule has 0 spiro atoms. The van der Waals surface area contributed by atoms with Gasteiger partial charge < -0.3 is 14.4 Å². The Bertz CT molecular complexity index is 714. The number of benzene rings is 1.